The number of amides is 1. The molecule has 2 aromatic carbocycles. The number of rotatable bonds is 6. The molecule has 1 atom stereocenters. The summed E-state index contributed by atoms with van der Waals surface area (Å²) < 4.78 is 5.82. The van der Waals surface area contributed by atoms with Crippen LogP contribution in [0, 0.1) is 10.1 Å². The van der Waals surface area contributed by atoms with E-state index in [2.05, 4.69) is 0 Å². The number of esters is 1. The maximum absolute atomic E-state index is 12.6. The van der Waals surface area contributed by atoms with E-state index in [4.69, 9.17) is 17.0 Å². The smallest absolute Gasteiger partial charge is 0.343 e. The van der Waals surface area contributed by atoms with Gasteiger partial charge < -0.3 is 4.74 Å². The van der Waals surface area contributed by atoms with E-state index in [-0.39, 0.29) is 28.9 Å². The summed E-state index contributed by atoms with van der Waals surface area (Å²) in [7, 11) is 0. The van der Waals surface area contributed by atoms with Crippen LogP contribution in [0.5, 0.6) is 5.75 Å². The van der Waals surface area contributed by atoms with E-state index in [9.17, 15) is 19.7 Å². The predicted octanol–water partition coefficient (Wildman–Crippen LogP) is 4.81. The first-order valence-corrected chi connectivity index (χ1v) is 10.4. The number of ether oxygens (including phenoxy) is 1. The summed E-state index contributed by atoms with van der Waals surface area (Å²) in [5.41, 5.74) is 0.659. The highest BCUT2D eigenvalue weighted by molar-refractivity contribution is 8.26. The standard InChI is InChI=1S/C21H18N2O5S2/c1-3-13(2)22-19(24)18(30-21(22)29)11-14-7-9-17(10-8-14)28-20(25)15-5-4-6-16(12-15)23(26)27/h4-13H,3H2,1-2H3. The highest BCUT2D eigenvalue weighted by atomic mass is 32.2. The minimum absolute atomic E-state index is 0.0407. The van der Waals surface area contributed by atoms with Crippen LogP contribution in [0.25, 0.3) is 6.08 Å². The molecule has 0 aliphatic carbocycles. The van der Waals surface area contributed by atoms with E-state index < -0.39 is 10.9 Å². The Morgan fingerprint density at radius 2 is 2.00 bits per heavy atom. The first kappa shape index (κ1) is 21.7. The molecule has 1 aliphatic rings. The van der Waals surface area contributed by atoms with Crippen molar-refractivity contribution in [2.75, 3.05) is 0 Å². The molecule has 3 rings (SSSR count). The Labute approximate surface area is 182 Å². The minimum atomic E-state index is -0.694. The van der Waals surface area contributed by atoms with Crippen LogP contribution in [0.1, 0.15) is 36.2 Å². The van der Waals surface area contributed by atoms with Crippen LogP contribution < -0.4 is 4.74 Å². The van der Waals surface area contributed by atoms with Gasteiger partial charge in [-0.15, -0.1) is 0 Å². The fourth-order valence-corrected chi connectivity index (χ4v) is 4.20. The Kier molecular flexibility index (Phi) is 6.63. The molecule has 1 saturated heterocycles. The third-order valence-corrected chi connectivity index (χ3v) is 5.87. The third kappa shape index (κ3) is 4.74. The quantitative estimate of drug-likeness (QED) is 0.158. The summed E-state index contributed by atoms with van der Waals surface area (Å²) in [5.74, 6) is -0.516. The minimum Gasteiger partial charge on any atom is -0.423 e. The van der Waals surface area contributed by atoms with Crippen molar-refractivity contribution in [3.63, 3.8) is 0 Å². The molecule has 1 heterocycles. The van der Waals surface area contributed by atoms with Gasteiger partial charge in [0.15, 0.2) is 0 Å². The number of benzene rings is 2. The van der Waals surface area contributed by atoms with Crippen LogP contribution >= 0.6 is 24.0 Å². The third-order valence-electron chi connectivity index (χ3n) is 4.54. The van der Waals surface area contributed by atoms with Crippen molar-refractivity contribution in [2.24, 2.45) is 0 Å². The van der Waals surface area contributed by atoms with Crippen LogP contribution in [-0.2, 0) is 4.79 Å². The molecule has 1 aliphatic heterocycles. The van der Waals surface area contributed by atoms with Crippen molar-refractivity contribution < 1.29 is 19.2 Å². The topological polar surface area (TPSA) is 89.8 Å². The van der Waals surface area contributed by atoms with E-state index in [0.29, 0.717) is 9.23 Å². The average molecular weight is 443 g/mol. The van der Waals surface area contributed by atoms with Crippen LogP contribution in [0.3, 0.4) is 0 Å². The van der Waals surface area contributed by atoms with Gasteiger partial charge in [-0.3, -0.25) is 19.8 Å². The van der Waals surface area contributed by atoms with Crippen LogP contribution in [0.4, 0.5) is 5.69 Å². The van der Waals surface area contributed by atoms with Crippen LogP contribution in [0.2, 0.25) is 0 Å². The fraction of sp³-hybridized carbons (Fsp3) is 0.190. The molecule has 0 N–H and O–H groups in total. The van der Waals surface area contributed by atoms with Crippen LogP contribution in [0.15, 0.2) is 53.4 Å². The number of thiocarbonyl (C=S) groups is 1. The lowest BCUT2D eigenvalue weighted by Crippen LogP contribution is -2.36. The SMILES string of the molecule is CCC(C)N1C(=O)C(=Cc2ccc(OC(=O)c3cccc([N+](=O)[O-])c3)cc2)SC1=S. The van der Waals surface area contributed by atoms with Gasteiger partial charge in [0.05, 0.1) is 15.4 Å². The van der Waals surface area contributed by atoms with E-state index in [1.165, 1.54) is 30.0 Å². The van der Waals surface area contributed by atoms with Gasteiger partial charge >= 0.3 is 5.97 Å². The molecule has 0 bridgehead atoms. The number of carbonyl (C=O) groups is 2. The molecular weight excluding hydrogens is 424 g/mol. The van der Waals surface area contributed by atoms with Gasteiger partial charge in [-0.05, 0) is 43.2 Å². The number of carbonyl (C=O) groups excluding carboxylic acids is 2. The van der Waals surface area contributed by atoms with Crippen molar-refractivity contribution in [1.29, 1.82) is 0 Å². The molecule has 1 unspecified atom stereocenters. The summed E-state index contributed by atoms with van der Waals surface area (Å²) in [6.07, 6.45) is 2.55. The van der Waals surface area contributed by atoms with Crippen molar-refractivity contribution in [1.82, 2.24) is 4.90 Å². The summed E-state index contributed by atoms with van der Waals surface area (Å²) in [4.78, 5) is 37.3. The molecule has 0 saturated carbocycles. The van der Waals surface area contributed by atoms with Gasteiger partial charge in [0.1, 0.15) is 10.1 Å². The Balaban J connectivity index is 1.71. The lowest BCUT2D eigenvalue weighted by atomic mass is 10.2. The lowest BCUT2D eigenvalue weighted by molar-refractivity contribution is -0.384. The average Bonchev–Trinajstić information content (AvgIpc) is 3.01. The van der Waals surface area contributed by atoms with Crippen molar-refractivity contribution in [3.05, 3.63) is 74.7 Å². The maximum Gasteiger partial charge on any atom is 0.343 e. The number of nitro groups is 1. The van der Waals surface area contributed by atoms with E-state index >= 15 is 0 Å². The second-order valence-corrected chi connectivity index (χ2v) is 8.25. The Morgan fingerprint density at radius 3 is 2.63 bits per heavy atom. The largest absolute Gasteiger partial charge is 0.423 e. The number of non-ortho nitro benzene ring substituents is 1. The van der Waals surface area contributed by atoms with Crippen molar-refractivity contribution in [2.45, 2.75) is 26.3 Å². The van der Waals surface area contributed by atoms with E-state index in [0.717, 1.165) is 18.1 Å². The summed E-state index contributed by atoms with van der Waals surface area (Å²) in [6.45, 7) is 3.96. The lowest BCUT2D eigenvalue weighted by Gasteiger charge is -2.21. The molecule has 0 aromatic heterocycles. The second kappa shape index (κ2) is 9.19. The highest BCUT2D eigenvalue weighted by Gasteiger charge is 2.34. The summed E-state index contributed by atoms with van der Waals surface area (Å²) >= 11 is 6.59. The maximum atomic E-state index is 12.6. The second-order valence-electron chi connectivity index (χ2n) is 6.57. The number of hydrogen-bond donors (Lipinski definition) is 0. The van der Waals surface area contributed by atoms with Crippen molar-refractivity contribution >= 4 is 51.9 Å². The number of thioether (sulfide) groups is 1. The Bertz CT molecular complexity index is 1050. The van der Waals surface area contributed by atoms with Gasteiger partial charge in [-0.2, -0.15) is 0 Å². The molecule has 0 spiro atoms. The van der Waals surface area contributed by atoms with E-state index in [1.807, 2.05) is 13.8 Å². The van der Waals surface area contributed by atoms with Gasteiger partial charge in [0.2, 0.25) is 0 Å². The summed E-state index contributed by atoms with van der Waals surface area (Å²) in [5, 5.41) is 10.8. The fourth-order valence-electron chi connectivity index (χ4n) is 2.74. The van der Waals surface area contributed by atoms with E-state index in [1.54, 1.807) is 35.2 Å². The molecule has 9 heteroatoms. The van der Waals surface area contributed by atoms with Crippen LogP contribution in [-0.4, -0.2) is 32.1 Å². The highest BCUT2D eigenvalue weighted by Crippen LogP contribution is 2.34. The molecule has 1 amide bonds. The number of nitrogens with zero attached hydrogens (tertiary/aromatic N) is 2. The van der Waals surface area contributed by atoms with Gasteiger partial charge in [-0.1, -0.05) is 49.1 Å². The zero-order valence-corrected chi connectivity index (χ0v) is 17.9. The molecule has 1 fully saturated rings. The first-order valence-electron chi connectivity index (χ1n) is 9.14. The number of nitro benzene ring substituents is 1. The molecule has 154 valence electrons. The zero-order valence-electron chi connectivity index (χ0n) is 16.2. The molecule has 30 heavy (non-hydrogen) atoms. The summed E-state index contributed by atoms with van der Waals surface area (Å²) in [6, 6.07) is 12.0. The molecule has 2 aromatic rings. The van der Waals surface area contributed by atoms with Gasteiger partial charge in [-0.25, -0.2) is 4.79 Å². The van der Waals surface area contributed by atoms with Gasteiger partial charge in [0.25, 0.3) is 11.6 Å². The normalized spacial score (nSPS) is 16.1. The number of hydrogen-bond acceptors (Lipinski definition) is 7. The van der Waals surface area contributed by atoms with Gasteiger partial charge in [0, 0.05) is 18.2 Å². The zero-order chi connectivity index (χ0) is 21.8. The molecule has 0 radical (unpaired) electrons. The molecule has 7 nitrogen and oxygen atoms in total. The predicted molar refractivity (Wildman–Crippen MR) is 119 cm³/mol. The monoisotopic (exact) mass is 442 g/mol. The Hall–Kier alpha value is -3.04. The first-order chi connectivity index (χ1) is 14.3. The Morgan fingerprint density at radius 1 is 1.30 bits per heavy atom. The van der Waals surface area contributed by atoms with Crippen molar-refractivity contribution in [3.8, 4) is 5.75 Å². The molecular formula is C21H18N2O5S2.